The number of alkyl halides is 1. The molecule has 1 saturated heterocycles. The number of pyridine rings is 1. The first kappa shape index (κ1) is 10.1. The van der Waals surface area contributed by atoms with Crippen molar-refractivity contribution >= 4 is 29.0 Å². The highest BCUT2D eigenvalue weighted by Crippen LogP contribution is 2.26. The summed E-state index contributed by atoms with van der Waals surface area (Å²) in [5.41, 5.74) is 0. The fourth-order valence-electron chi connectivity index (χ4n) is 1.73. The van der Waals surface area contributed by atoms with Gasteiger partial charge in [-0.2, -0.15) is 0 Å². The molecule has 0 amide bonds. The number of hydrogen-bond donors (Lipinski definition) is 0. The first-order valence-corrected chi connectivity index (χ1v) is 5.58. The number of nitrogens with zero attached hydrogens (tertiary/aromatic N) is 2. The highest BCUT2D eigenvalue weighted by atomic mass is 35.5. The Morgan fingerprint density at radius 1 is 1.50 bits per heavy atom. The molecule has 2 rings (SSSR count). The molecule has 1 aromatic heterocycles. The Hall–Kier alpha value is -0.470. The molecule has 0 saturated carbocycles. The van der Waals surface area contributed by atoms with Crippen LogP contribution in [0.5, 0.6) is 0 Å². The van der Waals surface area contributed by atoms with Crippen molar-refractivity contribution in [1.82, 2.24) is 4.98 Å². The number of halogens is 2. The van der Waals surface area contributed by atoms with Crippen molar-refractivity contribution in [3.63, 3.8) is 0 Å². The average molecular weight is 231 g/mol. The zero-order chi connectivity index (χ0) is 9.97. The van der Waals surface area contributed by atoms with E-state index in [2.05, 4.69) is 9.88 Å². The maximum atomic E-state index is 6.10. The van der Waals surface area contributed by atoms with Crippen LogP contribution in [0.1, 0.15) is 12.8 Å². The highest BCUT2D eigenvalue weighted by Gasteiger charge is 2.20. The fourth-order valence-corrected chi connectivity index (χ4v) is 2.29. The normalized spacial score (nSPS) is 22.4. The monoisotopic (exact) mass is 230 g/mol. The number of anilines is 1. The van der Waals surface area contributed by atoms with E-state index in [1.807, 2.05) is 12.1 Å². The molecule has 2 heterocycles. The molecule has 1 aliphatic rings. The summed E-state index contributed by atoms with van der Waals surface area (Å²) in [4.78, 5) is 6.43. The molecule has 0 radical (unpaired) electrons. The number of hydrogen-bond acceptors (Lipinski definition) is 2. The molecular formula is C10H12Cl2N2. The Morgan fingerprint density at radius 2 is 2.36 bits per heavy atom. The quantitative estimate of drug-likeness (QED) is 0.691. The van der Waals surface area contributed by atoms with Gasteiger partial charge in [0.25, 0.3) is 0 Å². The van der Waals surface area contributed by atoms with Crippen molar-refractivity contribution in [1.29, 1.82) is 0 Å². The van der Waals surface area contributed by atoms with E-state index < -0.39 is 0 Å². The van der Waals surface area contributed by atoms with Gasteiger partial charge in [0.05, 0.1) is 10.4 Å². The van der Waals surface area contributed by atoms with Gasteiger partial charge in [-0.05, 0) is 25.0 Å². The Morgan fingerprint density at radius 3 is 3.07 bits per heavy atom. The van der Waals surface area contributed by atoms with Gasteiger partial charge in [-0.25, -0.2) is 4.98 Å². The van der Waals surface area contributed by atoms with E-state index in [1.165, 1.54) is 0 Å². The number of piperidine rings is 1. The minimum atomic E-state index is 0.224. The number of aromatic nitrogens is 1. The van der Waals surface area contributed by atoms with E-state index >= 15 is 0 Å². The van der Waals surface area contributed by atoms with Gasteiger partial charge in [-0.3, -0.25) is 0 Å². The zero-order valence-corrected chi connectivity index (χ0v) is 9.30. The van der Waals surface area contributed by atoms with Crippen molar-refractivity contribution in [3.05, 3.63) is 23.4 Å². The van der Waals surface area contributed by atoms with E-state index in [0.29, 0.717) is 5.02 Å². The Kier molecular flexibility index (Phi) is 3.14. The molecule has 76 valence electrons. The van der Waals surface area contributed by atoms with Crippen molar-refractivity contribution in [2.45, 2.75) is 18.2 Å². The summed E-state index contributed by atoms with van der Waals surface area (Å²) in [7, 11) is 0. The lowest BCUT2D eigenvalue weighted by molar-refractivity contribution is 0.580. The number of rotatable bonds is 1. The summed E-state index contributed by atoms with van der Waals surface area (Å²) in [5.74, 6) is 0.861. The minimum absolute atomic E-state index is 0.224. The summed E-state index contributed by atoms with van der Waals surface area (Å²) in [5, 5.41) is 0.931. The third-order valence-electron chi connectivity index (χ3n) is 2.40. The second-order valence-corrected chi connectivity index (χ2v) is 4.52. The first-order chi connectivity index (χ1) is 6.77. The maximum absolute atomic E-state index is 6.10. The Bertz CT molecular complexity index is 317. The fraction of sp³-hybridized carbons (Fsp3) is 0.500. The van der Waals surface area contributed by atoms with Crippen LogP contribution in [0.2, 0.25) is 5.02 Å². The summed E-state index contributed by atoms with van der Waals surface area (Å²) in [6.07, 6.45) is 3.96. The van der Waals surface area contributed by atoms with E-state index in [1.54, 1.807) is 6.20 Å². The van der Waals surface area contributed by atoms with Gasteiger partial charge in [-0.1, -0.05) is 11.6 Å². The molecule has 0 aromatic carbocycles. The van der Waals surface area contributed by atoms with Crippen molar-refractivity contribution in [2.75, 3.05) is 18.0 Å². The van der Waals surface area contributed by atoms with E-state index in [4.69, 9.17) is 23.2 Å². The van der Waals surface area contributed by atoms with Crippen LogP contribution in [-0.2, 0) is 0 Å². The summed E-state index contributed by atoms with van der Waals surface area (Å²) in [6, 6.07) is 3.70. The predicted molar refractivity (Wildman–Crippen MR) is 60.3 cm³/mol. The highest BCUT2D eigenvalue weighted by molar-refractivity contribution is 6.33. The van der Waals surface area contributed by atoms with E-state index in [0.717, 1.165) is 31.7 Å². The molecule has 2 nitrogen and oxygen atoms in total. The van der Waals surface area contributed by atoms with Gasteiger partial charge in [0.15, 0.2) is 0 Å². The van der Waals surface area contributed by atoms with Crippen LogP contribution in [0.3, 0.4) is 0 Å². The Balaban J connectivity index is 2.18. The molecular weight excluding hydrogens is 219 g/mol. The maximum Gasteiger partial charge on any atom is 0.147 e. The van der Waals surface area contributed by atoms with Crippen LogP contribution >= 0.6 is 23.2 Å². The molecule has 4 heteroatoms. The van der Waals surface area contributed by atoms with Gasteiger partial charge >= 0.3 is 0 Å². The second-order valence-electron chi connectivity index (χ2n) is 3.49. The van der Waals surface area contributed by atoms with E-state index in [9.17, 15) is 0 Å². The average Bonchev–Trinajstić information content (AvgIpc) is 2.18. The molecule has 1 fully saturated rings. The van der Waals surface area contributed by atoms with Crippen LogP contribution < -0.4 is 4.90 Å². The van der Waals surface area contributed by atoms with Crippen molar-refractivity contribution in [3.8, 4) is 0 Å². The third-order valence-corrected chi connectivity index (χ3v) is 3.05. The van der Waals surface area contributed by atoms with Gasteiger partial charge in [0.2, 0.25) is 0 Å². The molecule has 1 aliphatic heterocycles. The van der Waals surface area contributed by atoms with Crippen LogP contribution in [-0.4, -0.2) is 23.5 Å². The second kappa shape index (κ2) is 4.37. The van der Waals surface area contributed by atoms with E-state index in [-0.39, 0.29) is 5.38 Å². The Labute approximate surface area is 93.8 Å². The van der Waals surface area contributed by atoms with Gasteiger partial charge in [0.1, 0.15) is 5.82 Å². The summed E-state index contributed by atoms with van der Waals surface area (Å²) < 4.78 is 0. The largest absolute Gasteiger partial charge is 0.354 e. The topological polar surface area (TPSA) is 16.1 Å². The minimum Gasteiger partial charge on any atom is -0.354 e. The van der Waals surface area contributed by atoms with Crippen molar-refractivity contribution in [2.24, 2.45) is 0 Å². The third kappa shape index (κ3) is 2.12. The van der Waals surface area contributed by atoms with Crippen LogP contribution in [0.25, 0.3) is 0 Å². The molecule has 1 unspecified atom stereocenters. The lowest BCUT2D eigenvalue weighted by Gasteiger charge is -2.31. The molecule has 14 heavy (non-hydrogen) atoms. The van der Waals surface area contributed by atoms with Gasteiger partial charge < -0.3 is 4.90 Å². The summed E-state index contributed by atoms with van der Waals surface area (Å²) in [6.45, 7) is 1.85. The summed E-state index contributed by atoms with van der Waals surface area (Å²) >= 11 is 12.2. The van der Waals surface area contributed by atoms with Crippen LogP contribution in [0.15, 0.2) is 18.3 Å². The molecule has 0 aliphatic carbocycles. The molecule has 1 aromatic rings. The van der Waals surface area contributed by atoms with Gasteiger partial charge in [0, 0.05) is 19.3 Å². The SMILES string of the molecule is Clc1cccnc1N1CCCC(Cl)C1. The lowest BCUT2D eigenvalue weighted by Crippen LogP contribution is -2.36. The molecule has 0 bridgehead atoms. The predicted octanol–water partition coefficient (Wildman–Crippen LogP) is 2.94. The van der Waals surface area contributed by atoms with Crippen LogP contribution in [0, 0.1) is 0 Å². The molecule has 1 atom stereocenters. The molecule has 0 N–H and O–H groups in total. The zero-order valence-electron chi connectivity index (χ0n) is 7.79. The van der Waals surface area contributed by atoms with Crippen LogP contribution in [0.4, 0.5) is 5.82 Å². The smallest absolute Gasteiger partial charge is 0.147 e. The van der Waals surface area contributed by atoms with Gasteiger partial charge in [-0.15, -0.1) is 11.6 Å². The standard InChI is InChI=1S/C10H12Cl2N2/c11-8-3-2-6-14(7-8)10-9(12)4-1-5-13-10/h1,4-5,8H,2-3,6-7H2. The molecule has 0 spiro atoms. The first-order valence-electron chi connectivity index (χ1n) is 4.77. The van der Waals surface area contributed by atoms with Crippen molar-refractivity contribution < 1.29 is 0 Å². The lowest BCUT2D eigenvalue weighted by atomic mass is 10.1.